The van der Waals surface area contributed by atoms with E-state index < -0.39 is 0 Å². The van der Waals surface area contributed by atoms with Gasteiger partial charge in [0.05, 0.1) is 6.54 Å². The lowest BCUT2D eigenvalue weighted by molar-refractivity contribution is 0.310. The van der Waals surface area contributed by atoms with Crippen LogP contribution in [0.25, 0.3) is 0 Å². The highest BCUT2D eigenvalue weighted by Gasteiger charge is 2.01. The minimum atomic E-state index is 0.563. The average Bonchev–Trinajstić information content (AvgIpc) is 3.15. The second-order valence-corrected chi connectivity index (χ2v) is 6.18. The van der Waals surface area contributed by atoms with Gasteiger partial charge in [-0.15, -0.1) is 11.3 Å². The van der Waals surface area contributed by atoms with Crippen LogP contribution in [0, 0.1) is 11.7 Å². The zero-order chi connectivity index (χ0) is 15.4. The van der Waals surface area contributed by atoms with Crippen LogP contribution < -0.4 is 10.2 Å². The monoisotopic (exact) mass is 332 g/mol. The fourth-order valence-corrected chi connectivity index (χ4v) is 2.84. The highest BCUT2D eigenvalue weighted by atomic mass is 32.1. The number of nitrogens with zero attached hydrogens (tertiary/aromatic N) is 2. The van der Waals surface area contributed by atoms with Gasteiger partial charge in [-0.25, -0.2) is 4.68 Å². The van der Waals surface area contributed by atoms with E-state index in [-0.39, 0.29) is 0 Å². The van der Waals surface area contributed by atoms with Crippen LogP contribution in [0.2, 0.25) is 0 Å². The molecule has 2 N–H and O–H groups in total. The summed E-state index contributed by atoms with van der Waals surface area (Å²) < 4.78 is 8.07. The standard InChI is InChI=1S/C15H16N4OS2/c1-11-17-18-15(21)19(11)16-9-12-4-6-13(7-5-12)20-10-14-3-2-8-22-14/h2-8,16H,9-10H2,1H3,(H,18,21). The van der Waals surface area contributed by atoms with Crippen molar-refractivity contribution >= 4 is 23.6 Å². The van der Waals surface area contributed by atoms with E-state index in [1.807, 2.05) is 37.3 Å². The lowest BCUT2D eigenvalue weighted by atomic mass is 10.2. The molecule has 0 aliphatic carbocycles. The van der Waals surface area contributed by atoms with Crippen molar-refractivity contribution in [2.45, 2.75) is 20.1 Å². The molecule has 7 heteroatoms. The molecule has 22 heavy (non-hydrogen) atoms. The summed E-state index contributed by atoms with van der Waals surface area (Å²) in [4.78, 5) is 1.22. The molecule has 3 aromatic rings. The fourth-order valence-electron chi connectivity index (χ4n) is 1.98. The van der Waals surface area contributed by atoms with Gasteiger partial charge in [-0.3, -0.25) is 5.10 Å². The van der Waals surface area contributed by atoms with Crippen LogP contribution in [0.5, 0.6) is 5.75 Å². The Bertz CT molecular complexity index is 775. The third kappa shape index (κ3) is 3.55. The Labute approximate surface area is 137 Å². The summed E-state index contributed by atoms with van der Waals surface area (Å²) in [7, 11) is 0. The molecule has 3 rings (SSSR count). The van der Waals surface area contributed by atoms with Crippen LogP contribution in [0.4, 0.5) is 0 Å². The Morgan fingerprint density at radius 3 is 2.77 bits per heavy atom. The van der Waals surface area contributed by atoms with E-state index in [1.165, 1.54) is 4.88 Å². The molecule has 0 unspecified atom stereocenters. The van der Waals surface area contributed by atoms with E-state index in [0.717, 1.165) is 17.1 Å². The summed E-state index contributed by atoms with van der Waals surface area (Å²) >= 11 is 6.84. The van der Waals surface area contributed by atoms with Gasteiger partial charge in [0.2, 0.25) is 4.77 Å². The topological polar surface area (TPSA) is 54.9 Å². The number of H-pyrrole nitrogens is 1. The smallest absolute Gasteiger partial charge is 0.214 e. The molecule has 0 bridgehead atoms. The summed E-state index contributed by atoms with van der Waals surface area (Å²) in [6.45, 7) is 3.17. The number of aryl methyl sites for hydroxylation is 1. The number of aromatic amines is 1. The van der Waals surface area contributed by atoms with Gasteiger partial charge in [0.1, 0.15) is 18.2 Å². The average molecular weight is 332 g/mol. The molecule has 0 aliphatic rings. The molecule has 1 aromatic carbocycles. The van der Waals surface area contributed by atoms with Crippen molar-refractivity contribution in [1.82, 2.24) is 14.9 Å². The molecule has 0 atom stereocenters. The van der Waals surface area contributed by atoms with E-state index in [9.17, 15) is 0 Å². The van der Waals surface area contributed by atoms with Crippen molar-refractivity contribution in [3.05, 3.63) is 62.8 Å². The Morgan fingerprint density at radius 1 is 1.32 bits per heavy atom. The van der Waals surface area contributed by atoms with Crippen molar-refractivity contribution in [3.8, 4) is 5.75 Å². The van der Waals surface area contributed by atoms with Gasteiger partial charge < -0.3 is 10.2 Å². The molecule has 2 heterocycles. The third-order valence-corrected chi connectivity index (χ3v) is 4.29. The van der Waals surface area contributed by atoms with E-state index in [0.29, 0.717) is 17.9 Å². The second kappa shape index (κ2) is 6.76. The predicted octanol–water partition coefficient (Wildman–Crippen LogP) is 3.63. The highest BCUT2D eigenvalue weighted by molar-refractivity contribution is 7.71. The number of benzene rings is 1. The van der Waals surface area contributed by atoms with Gasteiger partial charge in [-0.1, -0.05) is 18.2 Å². The summed E-state index contributed by atoms with van der Waals surface area (Å²) in [5.41, 5.74) is 4.38. The van der Waals surface area contributed by atoms with Crippen molar-refractivity contribution in [2.75, 3.05) is 5.43 Å². The molecule has 0 amide bonds. The maximum Gasteiger partial charge on any atom is 0.214 e. The molecule has 0 spiro atoms. The van der Waals surface area contributed by atoms with Crippen LogP contribution in [-0.2, 0) is 13.2 Å². The Hall–Kier alpha value is -2.12. The number of aromatic nitrogens is 3. The lowest BCUT2D eigenvalue weighted by Gasteiger charge is -2.09. The van der Waals surface area contributed by atoms with Gasteiger partial charge >= 0.3 is 0 Å². The van der Waals surface area contributed by atoms with E-state index >= 15 is 0 Å². The van der Waals surface area contributed by atoms with Crippen molar-refractivity contribution in [2.24, 2.45) is 0 Å². The summed E-state index contributed by atoms with van der Waals surface area (Å²) in [6.07, 6.45) is 0. The van der Waals surface area contributed by atoms with E-state index in [2.05, 4.69) is 27.1 Å². The molecule has 0 radical (unpaired) electrons. The van der Waals surface area contributed by atoms with Crippen molar-refractivity contribution in [1.29, 1.82) is 0 Å². The largest absolute Gasteiger partial charge is 0.488 e. The predicted molar refractivity (Wildman–Crippen MR) is 90.3 cm³/mol. The van der Waals surface area contributed by atoms with Gasteiger partial charge in [-0.05, 0) is 48.3 Å². The van der Waals surface area contributed by atoms with Gasteiger partial charge in [-0.2, -0.15) is 5.10 Å². The first-order valence-corrected chi connectivity index (χ1v) is 8.13. The maximum absolute atomic E-state index is 5.75. The van der Waals surface area contributed by atoms with Crippen LogP contribution in [0.1, 0.15) is 16.3 Å². The minimum absolute atomic E-state index is 0.563. The first kappa shape index (κ1) is 14.8. The van der Waals surface area contributed by atoms with E-state index in [1.54, 1.807) is 16.0 Å². The molecule has 0 saturated heterocycles. The van der Waals surface area contributed by atoms with E-state index in [4.69, 9.17) is 17.0 Å². The normalized spacial score (nSPS) is 10.6. The van der Waals surface area contributed by atoms with Crippen LogP contribution in [-0.4, -0.2) is 14.9 Å². The molecule has 0 saturated carbocycles. The number of rotatable bonds is 6. The molecular formula is C15H16N4OS2. The third-order valence-electron chi connectivity index (χ3n) is 3.17. The molecular weight excluding hydrogens is 316 g/mol. The molecule has 0 aliphatic heterocycles. The summed E-state index contributed by atoms with van der Waals surface area (Å²) in [5, 5.41) is 8.85. The Kier molecular flexibility index (Phi) is 4.55. The maximum atomic E-state index is 5.75. The fraction of sp³-hybridized carbons (Fsp3) is 0.200. The quantitative estimate of drug-likeness (QED) is 0.677. The van der Waals surface area contributed by atoms with Crippen LogP contribution in [0.3, 0.4) is 0 Å². The first-order chi connectivity index (χ1) is 10.7. The van der Waals surface area contributed by atoms with Gasteiger partial charge in [0.25, 0.3) is 0 Å². The summed E-state index contributed by atoms with van der Waals surface area (Å²) in [5.74, 6) is 1.68. The number of ether oxygens (including phenoxy) is 1. The zero-order valence-electron chi connectivity index (χ0n) is 12.1. The van der Waals surface area contributed by atoms with Gasteiger partial charge in [0, 0.05) is 4.88 Å². The number of thiophene rings is 1. The van der Waals surface area contributed by atoms with Crippen molar-refractivity contribution in [3.63, 3.8) is 0 Å². The molecule has 114 valence electrons. The summed E-state index contributed by atoms with van der Waals surface area (Å²) in [6, 6.07) is 12.1. The SMILES string of the molecule is Cc1n[nH]c(=S)n1NCc1ccc(OCc2cccs2)cc1. The minimum Gasteiger partial charge on any atom is -0.488 e. The number of nitrogens with one attached hydrogen (secondary N) is 2. The number of hydrogen-bond donors (Lipinski definition) is 2. The first-order valence-electron chi connectivity index (χ1n) is 6.84. The lowest BCUT2D eigenvalue weighted by Crippen LogP contribution is -2.15. The molecule has 2 aromatic heterocycles. The Morgan fingerprint density at radius 2 is 2.14 bits per heavy atom. The van der Waals surface area contributed by atoms with Crippen LogP contribution >= 0.6 is 23.6 Å². The number of hydrogen-bond acceptors (Lipinski definition) is 5. The van der Waals surface area contributed by atoms with Crippen molar-refractivity contribution < 1.29 is 4.74 Å². The highest BCUT2D eigenvalue weighted by Crippen LogP contribution is 2.16. The molecule has 0 fully saturated rings. The molecule has 5 nitrogen and oxygen atoms in total. The second-order valence-electron chi connectivity index (χ2n) is 4.76. The van der Waals surface area contributed by atoms with Gasteiger partial charge in [0.15, 0.2) is 0 Å². The van der Waals surface area contributed by atoms with Crippen LogP contribution in [0.15, 0.2) is 41.8 Å². The Balaban J connectivity index is 1.56. The zero-order valence-corrected chi connectivity index (χ0v) is 13.7.